The molecule has 2 amide bonds. The van der Waals surface area contributed by atoms with Gasteiger partial charge in [-0.15, -0.1) is 0 Å². The molecule has 0 unspecified atom stereocenters. The van der Waals surface area contributed by atoms with Crippen molar-refractivity contribution in [1.29, 1.82) is 0 Å². The molecule has 2 aromatic carbocycles. The molecule has 2 fully saturated rings. The summed E-state index contributed by atoms with van der Waals surface area (Å²) in [6.45, 7) is 6.20. The van der Waals surface area contributed by atoms with Gasteiger partial charge in [-0.05, 0) is 50.6 Å². The Morgan fingerprint density at radius 2 is 1.65 bits per heavy atom. The molecule has 4 rings (SSSR count). The molecule has 9 heteroatoms. The van der Waals surface area contributed by atoms with Gasteiger partial charge in [0.05, 0.1) is 45.0 Å². The number of carbonyl (C=O) groups excluding carboxylic acids is 3. The molecule has 1 N–H and O–H groups in total. The molecular weight excluding hydrogens is 476 g/mol. The van der Waals surface area contributed by atoms with E-state index >= 15 is 0 Å². The van der Waals surface area contributed by atoms with Crippen LogP contribution in [0.3, 0.4) is 0 Å². The summed E-state index contributed by atoms with van der Waals surface area (Å²) in [7, 11) is 3.09. The number of anilines is 1. The van der Waals surface area contributed by atoms with Gasteiger partial charge in [0.2, 0.25) is 11.8 Å². The molecule has 0 aliphatic carbocycles. The lowest BCUT2D eigenvalue weighted by Gasteiger charge is -2.32. The Bertz CT molecular complexity index is 1170. The zero-order valence-corrected chi connectivity index (χ0v) is 21.9. The number of benzene rings is 2. The second-order valence-electron chi connectivity index (χ2n) is 9.11. The van der Waals surface area contributed by atoms with Crippen LogP contribution in [0.4, 0.5) is 5.69 Å². The van der Waals surface area contributed by atoms with Crippen molar-refractivity contribution >= 4 is 23.5 Å². The Kier molecular flexibility index (Phi) is 7.73. The van der Waals surface area contributed by atoms with Gasteiger partial charge in [-0.25, -0.2) is 4.90 Å². The van der Waals surface area contributed by atoms with E-state index in [1.807, 2.05) is 13.8 Å². The van der Waals surface area contributed by atoms with Crippen molar-refractivity contribution in [3.8, 4) is 17.2 Å². The number of imide groups is 1. The number of ether oxygens (including phenoxy) is 4. The largest absolute Gasteiger partial charge is 0.497 e. The third-order valence-electron chi connectivity index (χ3n) is 7.12. The quantitative estimate of drug-likeness (QED) is 0.382. The molecule has 9 nitrogen and oxygen atoms in total. The molecular formula is C28H34N2O7. The predicted molar refractivity (Wildman–Crippen MR) is 137 cm³/mol. The number of fused-ring (bicyclic) bond motifs is 1. The maximum atomic E-state index is 14.0. The second kappa shape index (κ2) is 10.8. The molecule has 37 heavy (non-hydrogen) atoms. The molecule has 4 atom stereocenters. The van der Waals surface area contributed by atoms with Gasteiger partial charge in [-0.3, -0.25) is 19.7 Å². The number of rotatable bonds is 10. The van der Waals surface area contributed by atoms with Crippen molar-refractivity contribution in [2.24, 2.45) is 11.8 Å². The first-order valence-electron chi connectivity index (χ1n) is 12.6. The number of esters is 1. The molecule has 2 aliphatic rings. The van der Waals surface area contributed by atoms with Crippen LogP contribution < -0.4 is 24.4 Å². The summed E-state index contributed by atoms with van der Waals surface area (Å²) in [6.07, 6.45) is 0.935. The number of hydrogen-bond acceptors (Lipinski definition) is 8. The average molecular weight is 511 g/mol. The van der Waals surface area contributed by atoms with Crippen LogP contribution in [-0.4, -0.2) is 50.8 Å². The van der Waals surface area contributed by atoms with Crippen molar-refractivity contribution in [1.82, 2.24) is 5.32 Å². The lowest BCUT2D eigenvalue weighted by molar-refractivity contribution is -0.155. The number of carbonyl (C=O) groups is 3. The minimum absolute atomic E-state index is 0.157. The van der Waals surface area contributed by atoms with Crippen molar-refractivity contribution in [2.45, 2.75) is 45.2 Å². The predicted octanol–water partition coefficient (Wildman–Crippen LogP) is 3.65. The zero-order valence-electron chi connectivity index (χ0n) is 21.9. The zero-order chi connectivity index (χ0) is 26.7. The first-order valence-corrected chi connectivity index (χ1v) is 12.6. The average Bonchev–Trinajstić information content (AvgIpc) is 3.38. The van der Waals surface area contributed by atoms with Crippen molar-refractivity contribution in [2.75, 3.05) is 32.3 Å². The number of nitrogens with one attached hydrogen (secondary N) is 1. The minimum atomic E-state index is -1.36. The Balaban J connectivity index is 1.85. The van der Waals surface area contributed by atoms with Gasteiger partial charge in [0.1, 0.15) is 22.8 Å². The van der Waals surface area contributed by atoms with Crippen LogP contribution >= 0.6 is 0 Å². The summed E-state index contributed by atoms with van der Waals surface area (Å²) in [4.78, 5) is 42.7. The number of methoxy groups -OCH3 is 2. The highest BCUT2D eigenvalue weighted by atomic mass is 16.5. The molecule has 2 aromatic rings. The first-order chi connectivity index (χ1) is 17.9. The van der Waals surface area contributed by atoms with E-state index in [9.17, 15) is 14.4 Å². The van der Waals surface area contributed by atoms with Gasteiger partial charge in [0, 0.05) is 17.7 Å². The van der Waals surface area contributed by atoms with Crippen molar-refractivity contribution < 1.29 is 33.3 Å². The summed E-state index contributed by atoms with van der Waals surface area (Å²) in [5.41, 5.74) is -0.268. The van der Waals surface area contributed by atoms with E-state index in [4.69, 9.17) is 18.9 Å². The van der Waals surface area contributed by atoms with Crippen LogP contribution in [0.15, 0.2) is 42.5 Å². The van der Waals surface area contributed by atoms with Crippen LogP contribution in [0.1, 0.15) is 45.2 Å². The van der Waals surface area contributed by atoms with Gasteiger partial charge in [-0.1, -0.05) is 19.4 Å². The molecule has 0 bridgehead atoms. The first kappa shape index (κ1) is 26.5. The molecule has 198 valence electrons. The van der Waals surface area contributed by atoms with Gasteiger partial charge in [-0.2, -0.15) is 0 Å². The van der Waals surface area contributed by atoms with Gasteiger partial charge in [0.15, 0.2) is 0 Å². The fourth-order valence-electron chi connectivity index (χ4n) is 5.63. The summed E-state index contributed by atoms with van der Waals surface area (Å²) in [5, 5.41) is 3.40. The van der Waals surface area contributed by atoms with Crippen LogP contribution in [0.5, 0.6) is 17.2 Å². The molecule has 2 saturated heterocycles. The van der Waals surface area contributed by atoms with Crippen LogP contribution in [-0.2, 0) is 19.1 Å². The van der Waals surface area contributed by atoms with E-state index in [1.165, 1.54) is 12.0 Å². The van der Waals surface area contributed by atoms with Crippen molar-refractivity contribution in [3.63, 3.8) is 0 Å². The van der Waals surface area contributed by atoms with Gasteiger partial charge >= 0.3 is 5.97 Å². The molecule has 0 saturated carbocycles. The van der Waals surface area contributed by atoms with E-state index in [-0.39, 0.29) is 12.5 Å². The fourth-order valence-corrected chi connectivity index (χ4v) is 5.63. The maximum absolute atomic E-state index is 14.0. The fraction of sp³-hybridized carbons (Fsp3) is 0.464. The van der Waals surface area contributed by atoms with Crippen LogP contribution in [0, 0.1) is 11.8 Å². The normalized spacial score (nSPS) is 24.7. The number of amides is 2. The van der Waals surface area contributed by atoms with Crippen LogP contribution in [0.2, 0.25) is 0 Å². The van der Waals surface area contributed by atoms with Gasteiger partial charge < -0.3 is 18.9 Å². The van der Waals surface area contributed by atoms with E-state index in [2.05, 4.69) is 5.32 Å². The highest BCUT2D eigenvalue weighted by molar-refractivity contribution is 6.24. The van der Waals surface area contributed by atoms with Gasteiger partial charge in [0.25, 0.3) is 0 Å². The molecule has 0 radical (unpaired) electrons. The van der Waals surface area contributed by atoms with Crippen LogP contribution in [0.25, 0.3) is 0 Å². The summed E-state index contributed by atoms with van der Waals surface area (Å²) in [6, 6.07) is 11.4. The van der Waals surface area contributed by atoms with E-state index in [1.54, 1.807) is 56.5 Å². The molecule has 2 aliphatic heterocycles. The van der Waals surface area contributed by atoms with E-state index in [0.717, 1.165) is 0 Å². The third-order valence-corrected chi connectivity index (χ3v) is 7.12. The second-order valence-corrected chi connectivity index (χ2v) is 9.11. The Labute approximate surface area is 217 Å². The van der Waals surface area contributed by atoms with E-state index < -0.39 is 35.3 Å². The standard InChI is InChI=1S/C28H34N2O7/c1-6-15-28(27(33)37-8-3)23-22(24(29-28)20-14-13-19(34-4)16-21(20)35-5)25(31)30(26(23)32)17-9-11-18(12-10-17)36-7-2/h9-14,16,22-24,29H,6-8,15H2,1-5H3/t22-,23-,24+,28-/m0/s1. The topological polar surface area (TPSA) is 103 Å². The summed E-state index contributed by atoms with van der Waals surface area (Å²) < 4.78 is 22.0. The monoisotopic (exact) mass is 510 g/mol. The van der Waals surface area contributed by atoms with E-state index in [0.29, 0.717) is 47.9 Å². The minimum Gasteiger partial charge on any atom is -0.497 e. The molecule has 0 aromatic heterocycles. The smallest absolute Gasteiger partial charge is 0.327 e. The Morgan fingerprint density at radius 3 is 2.24 bits per heavy atom. The molecule has 0 spiro atoms. The Morgan fingerprint density at radius 1 is 0.946 bits per heavy atom. The Hall–Kier alpha value is -3.59. The third kappa shape index (κ3) is 4.41. The van der Waals surface area contributed by atoms with Crippen molar-refractivity contribution in [3.05, 3.63) is 48.0 Å². The lowest BCUT2D eigenvalue weighted by atomic mass is 9.77. The summed E-state index contributed by atoms with van der Waals surface area (Å²) >= 11 is 0. The maximum Gasteiger partial charge on any atom is 0.327 e. The highest BCUT2D eigenvalue weighted by Gasteiger charge is 2.68. The number of hydrogen-bond donors (Lipinski definition) is 1. The lowest BCUT2D eigenvalue weighted by Crippen LogP contribution is -2.56. The number of nitrogens with zero attached hydrogens (tertiary/aromatic N) is 1. The highest BCUT2D eigenvalue weighted by Crippen LogP contribution is 2.53. The SMILES string of the molecule is CCC[C@]1(C(=O)OCC)N[C@H](c2ccc(OC)cc2OC)[C@H]2C(=O)N(c3ccc(OCC)cc3)C(=O)[C@H]21. The molecule has 2 heterocycles. The summed E-state index contributed by atoms with van der Waals surface area (Å²) in [5.74, 6) is -1.40.